The molecule has 132 valence electrons. The number of Topliss-reactive ketones (excluding diaryl/α,β-unsaturated/α-hetero) is 1. The molecule has 2 heterocycles. The number of non-ortho nitro benzene ring substituents is 1. The standard InChI is InChI=1S/C16H17N3O6/c1-17(2)13-11-7-12(20)14(18(11)15(13)21)16(22)25-8-9-3-5-10(6-4-9)19(23)24/h3-6,11,13-14H,7-8H2,1-2H3/t11-,13-,14-/m1/s1. The first kappa shape index (κ1) is 17.0. The largest absolute Gasteiger partial charge is 0.459 e. The van der Waals surface area contributed by atoms with Gasteiger partial charge >= 0.3 is 5.97 Å². The molecule has 0 aromatic heterocycles. The van der Waals surface area contributed by atoms with E-state index in [1.165, 1.54) is 29.2 Å². The third-order valence-electron chi connectivity index (χ3n) is 4.53. The van der Waals surface area contributed by atoms with E-state index in [-0.39, 0.29) is 42.5 Å². The number of fused-ring (bicyclic) bond motifs is 1. The highest BCUT2D eigenvalue weighted by atomic mass is 16.6. The van der Waals surface area contributed by atoms with Crippen LogP contribution in [0.25, 0.3) is 0 Å². The number of carbonyl (C=O) groups excluding carboxylic acids is 3. The van der Waals surface area contributed by atoms with E-state index >= 15 is 0 Å². The number of ether oxygens (including phenoxy) is 1. The Bertz CT molecular complexity index is 745. The number of benzene rings is 1. The van der Waals surface area contributed by atoms with Gasteiger partial charge in [-0.2, -0.15) is 0 Å². The monoisotopic (exact) mass is 347 g/mol. The summed E-state index contributed by atoms with van der Waals surface area (Å²) < 4.78 is 5.14. The number of nitro benzene ring substituents is 1. The van der Waals surface area contributed by atoms with Crippen molar-refractivity contribution in [2.24, 2.45) is 0 Å². The summed E-state index contributed by atoms with van der Waals surface area (Å²) in [5.41, 5.74) is 0.492. The van der Waals surface area contributed by atoms with Crippen molar-refractivity contribution in [3.05, 3.63) is 39.9 Å². The molecule has 2 aliphatic rings. The molecular weight excluding hydrogens is 330 g/mol. The number of hydrogen-bond donors (Lipinski definition) is 0. The third-order valence-corrected chi connectivity index (χ3v) is 4.53. The van der Waals surface area contributed by atoms with Gasteiger partial charge in [-0.25, -0.2) is 4.79 Å². The van der Waals surface area contributed by atoms with Crippen LogP contribution in [-0.2, 0) is 25.7 Å². The van der Waals surface area contributed by atoms with Crippen molar-refractivity contribution in [1.29, 1.82) is 0 Å². The average Bonchev–Trinajstić information content (AvgIpc) is 2.85. The lowest BCUT2D eigenvalue weighted by Gasteiger charge is -2.46. The first-order valence-corrected chi connectivity index (χ1v) is 7.72. The Hall–Kier alpha value is -2.81. The second kappa shape index (κ2) is 6.25. The topological polar surface area (TPSA) is 110 Å². The van der Waals surface area contributed by atoms with Gasteiger partial charge in [0.25, 0.3) is 5.69 Å². The minimum atomic E-state index is -1.19. The minimum absolute atomic E-state index is 0.0650. The zero-order valence-corrected chi connectivity index (χ0v) is 13.7. The number of β-lactam (4-membered cyclic amide) rings is 1. The van der Waals surface area contributed by atoms with Gasteiger partial charge in [-0.05, 0) is 31.8 Å². The van der Waals surface area contributed by atoms with E-state index in [0.717, 1.165) is 0 Å². The Morgan fingerprint density at radius 3 is 2.52 bits per heavy atom. The van der Waals surface area contributed by atoms with Crippen molar-refractivity contribution in [3.8, 4) is 0 Å². The number of hydrogen-bond acceptors (Lipinski definition) is 7. The van der Waals surface area contributed by atoms with Crippen LogP contribution in [0.15, 0.2) is 24.3 Å². The number of ketones is 1. The summed E-state index contributed by atoms with van der Waals surface area (Å²) in [6.45, 7) is -0.121. The summed E-state index contributed by atoms with van der Waals surface area (Å²) in [4.78, 5) is 49.7. The van der Waals surface area contributed by atoms with Crippen LogP contribution in [0.3, 0.4) is 0 Å². The highest BCUT2D eigenvalue weighted by molar-refractivity contribution is 6.12. The van der Waals surface area contributed by atoms with Gasteiger partial charge in [0.2, 0.25) is 5.91 Å². The molecule has 1 amide bonds. The van der Waals surface area contributed by atoms with Crippen molar-refractivity contribution < 1.29 is 24.0 Å². The second-order valence-corrected chi connectivity index (χ2v) is 6.33. The maximum absolute atomic E-state index is 12.3. The molecule has 2 fully saturated rings. The first-order chi connectivity index (χ1) is 11.8. The van der Waals surface area contributed by atoms with Crippen molar-refractivity contribution in [1.82, 2.24) is 9.80 Å². The van der Waals surface area contributed by atoms with Crippen LogP contribution in [0.2, 0.25) is 0 Å². The van der Waals surface area contributed by atoms with Gasteiger partial charge in [0, 0.05) is 18.6 Å². The van der Waals surface area contributed by atoms with Gasteiger partial charge in [0.15, 0.2) is 11.8 Å². The summed E-state index contributed by atoms with van der Waals surface area (Å²) in [5, 5.41) is 10.6. The van der Waals surface area contributed by atoms with Crippen molar-refractivity contribution in [2.75, 3.05) is 14.1 Å². The van der Waals surface area contributed by atoms with Gasteiger partial charge in [-0.1, -0.05) is 0 Å². The number of nitro groups is 1. The molecule has 2 saturated heterocycles. The quantitative estimate of drug-likeness (QED) is 0.245. The summed E-state index contributed by atoms with van der Waals surface area (Å²) in [7, 11) is 3.51. The molecule has 1 aromatic carbocycles. The molecule has 0 bridgehead atoms. The first-order valence-electron chi connectivity index (χ1n) is 7.72. The molecule has 0 saturated carbocycles. The van der Waals surface area contributed by atoms with Crippen LogP contribution in [0.1, 0.15) is 12.0 Å². The van der Waals surface area contributed by atoms with Crippen LogP contribution in [0, 0.1) is 10.1 Å². The van der Waals surface area contributed by atoms with E-state index in [2.05, 4.69) is 0 Å². The highest BCUT2D eigenvalue weighted by Gasteiger charge is 2.60. The summed E-state index contributed by atoms with van der Waals surface area (Å²) >= 11 is 0. The van der Waals surface area contributed by atoms with Crippen LogP contribution in [-0.4, -0.2) is 64.6 Å². The Balaban J connectivity index is 1.63. The SMILES string of the molecule is CN(C)[C@H]1C(=O)N2[C@@H](C(=O)OCc3ccc([N+](=O)[O-])cc3)C(=O)C[C@H]12. The molecule has 0 aliphatic carbocycles. The van der Waals surface area contributed by atoms with Crippen molar-refractivity contribution in [3.63, 3.8) is 0 Å². The van der Waals surface area contributed by atoms with E-state index in [4.69, 9.17) is 4.74 Å². The molecule has 3 rings (SSSR count). The predicted octanol–water partition coefficient (Wildman–Crippen LogP) is 0.120. The number of nitrogens with zero attached hydrogens (tertiary/aromatic N) is 3. The fourth-order valence-electron chi connectivity index (χ4n) is 3.31. The minimum Gasteiger partial charge on any atom is -0.459 e. The van der Waals surface area contributed by atoms with Crippen LogP contribution < -0.4 is 0 Å². The molecule has 0 unspecified atom stereocenters. The van der Waals surface area contributed by atoms with Crippen LogP contribution in [0.5, 0.6) is 0 Å². The summed E-state index contributed by atoms with van der Waals surface area (Å²) in [6, 6.07) is 3.71. The predicted molar refractivity (Wildman–Crippen MR) is 84.4 cm³/mol. The number of carbonyl (C=O) groups is 3. The van der Waals surface area contributed by atoms with Gasteiger partial charge in [0.05, 0.1) is 11.0 Å². The summed E-state index contributed by atoms with van der Waals surface area (Å²) in [6.07, 6.45) is 0.145. The molecule has 25 heavy (non-hydrogen) atoms. The van der Waals surface area contributed by atoms with Gasteiger partial charge in [0.1, 0.15) is 12.6 Å². The van der Waals surface area contributed by atoms with Crippen LogP contribution >= 0.6 is 0 Å². The fraction of sp³-hybridized carbons (Fsp3) is 0.438. The van der Waals surface area contributed by atoms with E-state index in [1.54, 1.807) is 19.0 Å². The van der Waals surface area contributed by atoms with Gasteiger partial charge in [-0.15, -0.1) is 0 Å². The molecule has 1 aromatic rings. The molecule has 2 aliphatic heterocycles. The number of esters is 1. The molecular formula is C16H17N3O6. The van der Waals surface area contributed by atoms with Gasteiger partial charge in [-0.3, -0.25) is 24.6 Å². The Kier molecular flexibility index (Phi) is 4.25. The lowest BCUT2D eigenvalue weighted by atomic mass is 9.95. The van der Waals surface area contributed by atoms with E-state index in [9.17, 15) is 24.5 Å². The number of likely N-dealkylation sites (N-methyl/N-ethyl adjacent to an activating group) is 1. The Labute approximate surface area is 143 Å². The zero-order chi connectivity index (χ0) is 18.3. The molecule has 0 spiro atoms. The maximum Gasteiger partial charge on any atom is 0.337 e. The lowest BCUT2D eigenvalue weighted by Crippen LogP contribution is -2.69. The molecule has 3 atom stereocenters. The Morgan fingerprint density at radius 2 is 1.96 bits per heavy atom. The molecule has 0 N–H and O–H groups in total. The van der Waals surface area contributed by atoms with E-state index < -0.39 is 16.9 Å². The van der Waals surface area contributed by atoms with E-state index in [0.29, 0.717) is 5.56 Å². The van der Waals surface area contributed by atoms with Crippen LogP contribution in [0.4, 0.5) is 5.69 Å². The smallest absolute Gasteiger partial charge is 0.337 e. The van der Waals surface area contributed by atoms with E-state index in [1.807, 2.05) is 0 Å². The normalized spacial score (nSPS) is 24.9. The number of rotatable bonds is 5. The number of amides is 1. The second-order valence-electron chi connectivity index (χ2n) is 6.33. The maximum atomic E-state index is 12.3. The summed E-state index contributed by atoms with van der Waals surface area (Å²) in [5.74, 6) is -1.34. The average molecular weight is 347 g/mol. The lowest BCUT2D eigenvalue weighted by molar-refractivity contribution is -0.384. The molecule has 9 nitrogen and oxygen atoms in total. The highest BCUT2D eigenvalue weighted by Crippen LogP contribution is 2.36. The molecule has 9 heteroatoms. The zero-order valence-electron chi connectivity index (χ0n) is 13.7. The van der Waals surface area contributed by atoms with Crippen molar-refractivity contribution >= 4 is 23.3 Å². The third kappa shape index (κ3) is 2.86. The molecule has 0 radical (unpaired) electrons. The fourth-order valence-corrected chi connectivity index (χ4v) is 3.31. The Morgan fingerprint density at radius 1 is 1.32 bits per heavy atom. The van der Waals surface area contributed by atoms with Gasteiger partial charge < -0.3 is 9.64 Å². The van der Waals surface area contributed by atoms with Crippen molar-refractivity contribution in [2.45, 2.75) is 31.2 Å².